The van der Waals surface area contributed by atoms with Gasteiger partial charge in [0.1, 0.15) is 5.60 Å². The van der Waals surface area contributed by atoms with Crippen LogP contribution in [0.3, 0.4) is 0 Å². The third kappa shape index (κ3) is 6.87. The van der Waals surface area contributed by atoms with E-state index < -0.39 is 19.8 Å². The number of hydrogen-bond acceptors (Lipinski definition) is 3. The van der Waals surface area contributed by atoms with Crippen LogP contribution in [-0.4, -0.2) is 25.5 Å². The van der Waals surface area contributed by atoms with E-state index in [1.54, 1.807) is 4.90 Å². The predicted molar refractivity (Wildman–Crippen MR) is 162 cm³/mol. The van der Waals surface area contributed by atoms with Gasteiger partial charge in [-0.15, -0.1) is 0 Å². The summed E-state index contributed by atoms with van der Waals surface area (Å²) in [6, 6.07) is 36.3. The Hall–Kier alpha value is -3.96. The quantitative estimate of drug-likeness (QED) is 0.189. The first-order valence-electron chi connectivity index (χ1n) is 12.9. The summed E-state index contributed by atoms with van der Waals surface area (Å²) in [5.41, 5.74) is 4.66. The standard InChI is InChI=1S/C33H36N2O2Si/c1-33(2,3)37-32(36)35(29-21-23-30(24-22-29)38(4,5)6)28-19-17-27(18-20-28)34-31(25-13-9-7-10-14-25)26-15-11-8-12-16-26/h7-24H,1-6H3. The molecule has 0 radical (unpaired) electrons. The third-order valence-corrected chi connectivity index (χ3v) is 8.08. The SMILES string of the molecule is CC(C)(C)OC(=O)N(c1ccc(N=C(c2ccccc2)c2ccccc2)cc1)c1ccc([Si](C)(C)C)cc1. The van der Waals surface area contributed by atoms with Crippen LogP contribution in [0, 0.1) is 0 Å². The molecule has 0 saturated heterocycles. The van der Waals surface area contributed by atoms with Crippen LogP contribution in [0.4, 0.5) is 21.9 Å². The van der Waals surface area contributed by atoms with Crippen molar-refractivity contribution >= 4 is 42.1 Å². The van der Waals surface area contributed by atoms with Gasteiger partial charge in [0.05, 0.1) is 30.8 Å². The predicted octanol–water partition coefficient (Wildman–Crippen LogP) is 8.47. The van der Waals surface area contributed by atoms with E-state index in [9.17, 15) is 4.79 Å². The van der Waals surface area contributed by atoms with Crippen molar-refractivity contribution in [2.75, 3.05) is 4.90 Å². The van der Waals surface area contributed by atoms with Crippen LogP contribution in [0.1, 0.15) is 31.9 Å². The number of carbonyl (C=O) groups is 1. The fraction of sp³-hybridized carbons (Fsp3) is 0.212. The van der Waals surface area contributed by atoms with Crippen LogP contribution in [0.5, 0.6) is 0 Å². The molecule has 4 aromatic carbocycles. The molecule has 0 aromatic heterocycles. The Morgan fingerprint density at radius 1 is 0.684 bits per heavy atom. The van der Waals surface area contributed by atoms with E-state index in [4.69, 9.17) is 9.73 Å². The zero-order valence-corrected chi connectivity index (χ0v) is 24.1. The topological polar surface area (TPSA) is 41.9 Å². The first kappa shape index (κ1) is 27.1. The van der Waals surface area contributed by atoms with Gasteiger partial charge in [0.2, 0.25) is 0 Å². The van der Waals surface area contributed by atoms with E-state index in [-0.39, 0.29) is 0 Å². The number of amides is 1. The molecule has 4 rings (SSSR count). The Labute approximate surface area is 227 Å². The van der Waals surface area contributed by atoms with Crippen LogP contribution in [0.25, 0.3) is 0 Å². The molecule has 0 atom stereocenters. The van der Waals surface area contributed by atoms with Gasteiger partial charge in [0.25, 0.3) is 0 Å². The van der Waals surface area contributed by atoms with E-state index in [0.717, 1.165) is 33.9 Å². The maximum Gasteiger partial charge on any atom is 0.419 e. The lowest BCUT2D eigenvalue weighted by Gasteiger charge is -2.28. The maximum atomic E-state index is 13.4. The molecule has 4 nitrogen and oxygen atoms in total. The number of anilines is 2. The third-order valence-electron chi connectivity index (χ3n) is 6.01. The lowest BCUT2D eigenvalue weighted by atomic mass is 10.0. The summed E-state index contributed by atoms with van der Waals surface area (Å²) < 4.78 is 5.78. The Morgan fingerprint density at radius 3 is 1.55 bits per heavy atom. The number of benzene rings is 4. The van der Waals surface area contributed by atoms with Crippen LogP contribution >= 0.6 is 0 Å². The number of carbonyl (C=O) groups excluding carboxylic acids is 1. The molecular weight excluding hydrogens is 484 g/mol. The lowest BCUT2D eigenvalue weighted by Crippen LogP contribution is -2.38. The first-order valence-corrected chi connectivity index (χ1v) is 16.4. The molecule has 0 aliphatic carbocycles. The second-order valence-electron chi connectivity index (χ2n) is 11.3. The molecule has 5 heteroatoms. The molecule has 4 aromatic rings. The Bertz CT molecular complexity index is 1340. The highest BCUT2D eigenvalue weighted by Crippen LogP contribution is 2.30. The normalized spacial score (nSPS) is 11.5. The molecule has 0 heterocycles. The van der Waals surface area contributed by atoms with Crippen molar-refractivity contribution in [1.29, 1.82) is 0 Å². The van der Waals surface area contributed by atoms with Crippen molar-refractivity contribution in [1.82, 2.24) is 0 Å². The number of aliphatic imine (C=N–C) groups is 1. The average molecular weight is 521 g/mol. The average Bonchev–Trinajstić information content (AvgIpc) is 2.88. The van der Waals surface area contributed by atoms with E-state index in [0.29, 0.717) is 0 Å². The first-order chi connectivity index (χ1) is 18.0. The molecule has 38 heavy (non-hydrogen) atoms. The fourth-order valence-electron chi connectivity index (χ4n) is 4.07. The number of hydrogen-bond donors (Lipinski definition) is 0. The Balaban J connectivity index is 1.72. The van der Waals surface area contributed by atoms with E-state index in [1.807, 2.05) is 93.6 Å². The van der Waals surface area contributed by atoms with Crippen LogP contribution in [0.15, 0.2) is 114 Å². The summed E-state index contributed by atoms with van der Waals surface area (Å²) in [6.45, 7) is 12.6. The highest BCUT2D eigenvalue weighted by molar-refractivity contribution is 6.88. The maximum absolute atomic E-state index is 13.4. The molecule has 0 bridgehead atoms. The van der Waals surface area contributed by atoms with Crippen molar-refractivity contribution in [2.24, 2.45) is 4.99 Å². The number of rotatable bonds is 6. The van der Waals surface area contributed by atoms with Gasteiger partial charge in [0, 0.05) is 11.1 Å². The molecule has 0 fully saturated rings. The van der Waals surface area contributed by atoms with E-state index in [1.165, 1.54) is 5.19 Å². The van der Waals surface area contributed by atoms with Gasteiger partial charge in [-0.2, -0.15) is 0 Å². The van der Waals surface area contributed by atoms with Crippen molar-refractivity contribution in [3.05, 3.63) is 120 Å². The minimum Gasteiger partial charge on any atom is -0.443 e. The smallest absolute Gasteiger partial charge is 0.419 e. The Morgan fingerprint density at radius 2 is 1.13 bits per heavy atom. The van der Waals surface area contributed by atoms with Crippen LogP contribution < -0.4 is 10.1 Å². The molecule has 0 spiro atoms. The minimum absolute atomic E-state index is 0.413. The van der Waals surface area contributed by atoms with Gasteiger partial charge in [0.15, 0.2) is 0 Å². The number of ether oxygens (including phenoxy) is 1. The molecule has 0 aliphatic heterocycles. The van der Waals surface area contributed by atoms with Gasteiger partial charge in [-0.05, 0) is 57.2 Å². The number of nitrogens with zero attached hydrogens (tertiary/aromatic N) is 2. The summed E-state index contributed by atoms with van der Waals surface area (Å²) in [4.78, 5) is 20.0. The molecule has 0 saturated carbocycles. The molecule has 0 aliphatic rings. The molecule has 0 N–H and O–H groups in total. The van der Waals surface area contributed by atoms with E-state index >= 15 is 0 Å². The van der Waals surface area contributed by atoms with Crippen LogP contribution in [0.2, 0.25) is 19.6 Å². The summed E-state index contributed by atoms with van der Waals surface area (Å²) in [5, 5.41) is 1.34. The summed E-state index contributed by atoms with van der Waals surface area (Å²) in [7, 11) is -1.46. The highest BCUT2D eigenvalue weighted by atomic mass is 28.3. The molecular formula is C33H36N2O2Si. The van der Waals surface area contributed by atoms with Crippen molar-refractivity contribution < 1.29 is 9.53 Å². The monoisotopic (exact) mass is 520 g/mol. The zero-order chi connectivity index (χ0) is 27.3. The van der Waals surface area contributed by atoms with Crippen molar-refractivity contribution in [2.45, 2.75) is 46.0 Å². The second-order valence-corrected chi connectivity index (χ2v) is 16.4. The van der Waals surface area contributed by atoms with Crippen molar-refractivity contribution in [3.8, 4) is 0 Å². The van der Waals surface area contributed by atoms with Crippen LogP contribution in [-0.2, 0) is 4.74 Å². The van der Waals surface area contributed by atoms with Gasteiger partial charge in [-0.3, -0.25) is 0 Å². The minimum atomic E-state index is -1.46. The van der Waals surface area contributed by atoms with Gasteiger partial charge < -0.3 is 4.74 Å². The van der Waals surface area contributed by atoms with Gasteiger partial charge >= 0.3 is 6.09 Å². The van der Waals surface area contributed by atoms with Crippen molar-refractivity contribution in [3.63, 3.8) is 0 Å². The Kier molecular flexibility index (Phi) is 7.98. The molecule has 194 valence electrons. The summed E-state index contributed by atoms with van der Waals surface area (Å²) in [6.07, 6.45) is -0.413. The zero-order valence-electron chi connectivity index (χ0n) is 23.1. The van der Waals surface area contributed by atoms with Gasteiger partial charge in [-0.25, -0.2) is 14.7 Å². The largest absolute Gasteiger partial charge is 0.443 e. The molecule has 0 unspecified atom stereocenters. The summed E-state index contributed by atoms with van der Waals surface area (Å²) in [5.74, 6) is 0. The van der Waals surface area contributed by atoms with E-state index in [2.05, 4.69) is 56.0 Å². The summed E-state index contributed by atoms with van der Waals surface area (Å²) >= 11 is 0. The highest BCUT2D eigenvalue weighted by Gasteiger charge is 2.26. The molecule has 1 amide bonds. The second kappa shape index (κ2) is 11.2. The lowest BCUT2D eigenvalue weighted by molar-refractivity contribution is 0.0599. The fourth-order valence-corrected chi connectivity index (χ4v) is 5.24. The van der Waals surface area contributed by atoms with Gasteiger partial charge in [-0.1, -0.05) is 97.6 Å².